The Hall–Kier alpha value is -0.750. The van der Waals surface area contributed by atoms with E-state index in [4.69, 9.17) is 5.11 Å². The van der Waals surface area contributed by atoms with E-state index in [0.717, 1.165) is 6.42 Å². The van der Waals surface area contributed by atoms with E-state index in [1.807, 2.05) is 0 Å². The molecule has 0 spiro atoms. The van der Waals surface area contributed by atoms with Gasteiger partial charge in [-0.15, -0.1) is 0 Å². The van der Waals surface area contributed by atoms with Gasteiger partial charge >= 0.3 is 0 Å². The summed E-state index contributed by atoms with van der Waals surface area (Å²) in [5.41, 5.74) is 0. The fraction of sp³-hybridized carbons (Fsp3) is 0.786. The molecular weight excluding hydrogens is 248 g/mol. The molecule has 0 aromatic carbocycles. The Morgan fingerprint density at radius 2 is 1.95 bits per heavy atom. The van der Waals surface area contributed by atoms with Crippen LogP contribution in [0.4, 0.5) is 0 Å². The highest BCUT2D eigenvalue weighted by Crippen LogP contribution is 2.45. The molecule has 2 aliphatic rings. The first-order chi connectivity index (χ1) is 9.02. The summed E-state index contributed by atoms with van der Waals surface area (Å²) in [6.45, 7) is -0.678. The van der Waals surface area contributed by atoms with Crippen molar-refractivity contribution in [2.75, 3.05) is 6.61 Å². The molecule has 6 atom stereocenters. The highest BCUT2D eigenvalue weighted by Gasteiger charge is 2.36. The van der Waals surface area contributed by atoms with Gasteiger partial charge in [-0.05, 0) is 37.0 Å². The standard InChI is InChI=1S/C14H22O5/c15-7-12(17)14(19)13(18)11(16)4-3-10-6-8-1-2-9(10)5-8/h1-2,8-10,12-15,17-19H,3-7H2. The lowest BCUT2D eigenvalue weighted by Gasteiger charge is -2.22. The summed E-state index contributed by atoms with van der Waals surface area (Å²) in [5.74, 6) is 1.23. The van der Waals surface area contributed by atoms with Crippen LogP contribution in [-0.2, 0) is 4.79 Å². The minimum Gasteiger partial charge on any atom is -0.394 e. The lowest BCUT2D eigenvalue weighted by Crippen LogP contribution is -2.43. The maximum absolute atomic E-state index is 11.7. The van der Waals surface area contributed by atoms with E-state index in [-0.39, 0.29) is 6.42 Å². The lowest BCUT2D eigenvalue weighted by atomic mass is 9.87. The number of allylic oxidation sites excluding steroid dienone is 2. The van der Waals surface area contributed by atoms with Crippen molar-refractivity contribution in [3.05, 3.63) is 12.2 Å². The van der Waals surface area contributed by atoms with Crippen molar-refractivity contribution >= 4 is 5.78 Å². The number of carbonyl (C=O) groups excluding carboxylic acids is 1. The van der Waals surface area contributed by atoms with Crippen molar-refractivity contribution in [1.82, 2.24) is 0 Å². The van der Waals surface area contributed by atoms with E-state index in [9.17, 15) is 20.1 Å². The second-order valence-corrected chi connectivity index (χ2v) is 5.73. The molecule has 1 fully saturated rings. The Morgan fingerprint density at radius 1 is 1.21 bits per heavy atom. The van der Waals surface area contributed by atoms with Crippen molar-refractivity contribution < 1.29 is 25.2 Å². The molecule has 4 N–H and O–H groups in total. The van der Waals surface area contributed by atoms with Gasteiger partial charge in [-0.3, -0.25) is 4.79 Å². The van der Waals surface area contributed by atoms with Gasteiger partial charge in [-0.1, -0.05) is 12.2 Å². The number of Topliss-reactive ketones (excluding diaryl/α,β-unsaturated/α-hetero) is 1. The number of hydrogen-bond donors (Lipinski definition) is 4. The highest BCUT2D eigenvalue weighted by atomic mass is 16.4. The molecule has 2 bridgehead atoms. The first-order valence-corrected chi connectivity index (χ1v) is 6.89. The van der Waals surface area contributed by atoms with E-state index in [0.29, 0.717) is 24.2 Å². The fourth-order valence-electron chi connectivity index (χ4n) is 3.21. The normalized spacial score (nSPS) is 33.4. The van der Waals surface area contributed by atoms with E-state index >= 15 is 0 Å². The molecule has 5 heteroatoms. The molecule has 0 aromatic rings. The Labute approximate surface area is 112 Å². The van der Waals surface area contributed by atoms with Crippen LogP contribution in [0.25, 0.3) is 0 Å². The average molecular weight is 270 g/mol. The highest BCUT2D eigenvalue weighted by molar-refractivity contribution is 5.83. The van der Waals surface area contributed by atoms with Crippen LogP contribution in [-0.4, -0.2) is 51.1 Å². The van der Waals surface area contributed by atoms with Gasteiger partial charge < -0.3 is 20.4 Å². The summed E-state index contributed by atoms with van der Waals surface area (Å²) in [5, 5.41) is 36.9. The second kappa shape index (κ2) is 6.13. The van der Waals surface area contributed by atoms with Crippen LogP contribution in [0, 0.1) is 17.8 Å². The summed E-state index contributed by atoms with van der Waals surface area (Å²) < 4.78 is 0. The van der Waals surface area contributed by atoms with Crippen molar-refractivity contribution in [3.8, 4) is 0 Å². The van der Waals surface area contributed by atoms with Gasteiger partial charge in [0, 0.05) is 6.42 Å². The van der Waals surface area contributed by atoms with Gasteiger partial charge in [0.2, 0.25) is 0 Å². The molecule has 108 valence electrons. The average Bonchev–Trinajstić information content (AvgIpc) is 3.04. The number of aliphatic hydroxyl groups excluding tert-OH is 4. The van der Waals surface area contributed by atoms with Crippen molar-refractivity contribution in [3.63, 3.8) is 0 Å². The molecule has 2 rings (SSSR count). The Morgan fingerprint density at radius 3 is 2.47 bits per heavy atom. The molecule has 6 unspecified atom stereocenters. The number of ketones is 1. The van der Waals surface area contributed by atoms with Crippen molar-refractivity contribution in [2.45, 2.75) is 44.0 Å². The molecule has 5 nitrogen and oxygen atoms in total. The predicted molar refractivity (Wildman–Crippen MR) is 68.2 cm³/mol. The van der Waals surface area contributed by atoms with Gasteiger partial charge in [0.15, 0.2) is 5.78 Å². The molecule has 0 saturated heterocycles. The third-order valence-corrected chi connectivity index (χ3v) is 4.41. The minimum atomic E-state index is -1.61. The molecule has 0 aromatic heterocycles. The van der Waals surface area contributed by atoms with E-state index in [1.165, 1.54) is 6.42 Å². The summed E-state index contributed by atoms with van der Waals surface area (Å²) >= 11 is 0. The molecule has 1 saturated carbocycles. The maximum Gasteiger partial charge on any atom is 0.164 e. The third kappa shape index (κ3) is 3.23. The molecular formula is C14H22O5. The number of hydrogen-bond acceptors (Lipinski definition) is 5. The number of carbonyl (C=O) groups is 1. The SMILES string of the molecule is O=C(CCC1CC2C=CC1C2)C(O)C(O)C(O)CO. The Kier molecular flexibility index (Phi) is 4.73. The van der Waals surface area contributed by atoms with E-state index in [1.54, 1.807) is 0 Å². The third-order valence-electron chi connectivity index (χ3n) is 4.41. The molecule has 19 heavy (non-hydrogen) atoms. The molecule has 0 aliphatic heterocycles. The van der Waals surface area contributed by atoms with Crippen LogP contribution >= 0.6 is 0 Å². The zero-order chi connectivity index (χ0) is 14.0. The van der Waals surface area contributed by atoms with Gasteiger partial charge in [-0.2, -0.15) is 0 Å². The molecule has 0 radical (unpaired) electrons. The van der Waals surface area contributed by atoms with Crippen LogP contribution in [0.5, 0.6) is 0 Å². The van der Waals surface area contributed by atoms with E-state index < -0.39 is 30.7 Å². The summed E-state index contributed by atoms with van der Waals surface area (Å²) in [7, 11) is 0. The largest absolute Gasteiger partial charge is 0.394 e. The quantitative estimate of drug-likeness (QED) is 0.473. The number of rotatable bonds is 7. The second-order valence-electron chi connectivity index (χ2n) is 5.73. The smallest absolute Gasteiger partial charge is 0.164 e. The minimum absolute atomic E-state index is 0.206. The topological polar surface area (TPSA) is 98.0 Å². The van der Waals surface area contributed by atoms with Crippen LogP contribution in [0.2, 0.25) is 0 Å². The van der Waals surface area contributed by atoms with Crippen molar-refractivity contribution in [1.29, 1.82) is 0 Å². The summed E-state index contributed by atoms with van der Waals surface area (Å²) in [6, 6.07) is 0. The summed E-state index contributed by atoms with van der Waals surface area (Å²) in [6.07, 6.45) is 2.93. The summed E-state index contributed by atoms with van der Waals surface area (Å²) in [4.78, 5) is 11.7. The lowest BCUT2D eigenvalue weighted by molar-refractivity contribution is -0.140. The molecule has 2 aliphatic carbocycles. The first-order valence-electron chi connectivity index (χ1n) is 6.89. The van der Waals surface area contributed by atoms with Gasteiger partial charge in [0.05, 0.1) is 6.61 Å². The fourth-order valence-corrected chi connectivity index (χ4v) is 3.21. The zero-order valence-corrected chi connectivity index (χ0v) is 10.9. The van der Waals surface area contributed by atoms with Crippen LogP contribution < -0.4 is 0 Å². The Balaban J connectivity index is 1.76. The first kappa shape index (κ1) is 14.7. The molecule has 0 amide bonds. The predicted octanol–water partition coefficient (Wildman–Crippen LogP) is -0.377. The van der Waals surface area contributed by atoms with Gasteiger partial charge in [-0.25, -0.2) is 0 Å². The van der Waals surface area contributed by atoms with Crippen LogP contribution in [0.15, 0.2) is 12.2 Å². The van der Waals surface area contributed by atoms with Crippen molar-refractivity contribution in [2.24, 2.45) is 17.8 Å². The van der Waals surface area contributed by atoms with E-state index in [2.05, 4.69) is 12.2 Å². The number of aliphatic hydroxyl groups is 4. The monoisotopic (exact) mass is 270 g/mol. The van der Waals surface area contributed by atoms with Crippen LogP contribution in [0.3, 0.4) is 0 Å². The maximum atomic E-state index is 11.7. The van der Waals surface area contributed by atoms with Gasteiger partial charge in [0.1, 0.15) is 18.3 Å². The van der Waals surface area contributed by atoms with Crippen LogP contribution in [0.1, 0.15) is 25.7 Å². The Bertz CT molecular complexity index is 354. The zero-order valence-electron chi connectivity index (χ0n) is 10.9. The van der Waals surface area contributed by atoms with Gasteiger partial charge in [0.25, 0.3) is 0 Å². The number of fused-ring (bicyclic) bond motifs is 2. The molecule has 0 heterocycles.